The third-order valence-electron chi connectivity index (χ3n) is 0.639. The fourth-order valence-electron chi connectivity index (χ4n) is 0.371. The predicted octanol–water partition coefficient (Wildman–Crippen LogP) is -1.15. The van der Waals surface area contributed by atoms with Crippen molar-refractivity contribution in [2.45, 2.75) is 0 Å². The minimum Gasteiger partial charge on any atom is -0.394 e. The zero-order valence-electron chi connectivity index (χ0n) is 5.80. The molecule has 0 aliphatic carbocycles. The topological polar surface area (TPSA) is 97.7 Å². The quantitative estimate of drug-likeness (QED) is 0.480. The molecule has 0 saturated heterocycles. The maximum atomic E-state index is 10.6. The Hall–Kier alpha value is 0.110. The lowest BCUT2D eigenvalue weighted by molar-refractivity contribution is 0.206. The average Bonchev–Trinajstić information content (AvgIpc) is 1.78. The van der Waals surface area contributed by atoms with Crippen molar-refractivity contribution in [3.8, 4) is 0 Å². The molecule has 9 heteroatoms. The minimum atomic E-state index is -4.18. The molecule has 0 rings (SSSR count). The first kappa shape index (κ1) is 12.1. The van der Waals surface area contributed by atoms with Gasteiger partial charge in [0.15, 0.2) is 5.08 Å². The van der Waals surface area contributed by atoms with Crippen LogP contribution in [0.3, 0.4) is 0 Å². The van der Waals surface area contributed by atoms with Crippen LogP contribution in [-0.2, 0) is 23.4 Å². The number of aliphatic hydroxyl groups is 1. The van der Waals surface area contributed by atoms with Crippen LogP contribution < -0.4 is 0 Å². The number of halogens is 1. The van der Waals surface area contributed by atoms with Gasteiger partial charge in [-0.1, -0.05) is 0 Å². The first-order chi connectivity index (χ1) is 5.27. The molecule has 0 bridgehead atoms. The molecular formula is C3H7ClO6S2. The van der Waals surface area contributed by atoms with Gasteiger partial charge in [0, 0.05) is 10.7 Å². The minimum absolute atomic E-state index is 0.477. The highest BCUT2D eigenvalue weighted by atomic mass is 35.7. The second-order valence-electron chi connectivity index (χ2n) is 1.76. The standard InChI is InChI=1S/C3H7ClO6S2/c4-11(6,7)3-12(8,9)10-2-1-5/h5H,1-3H2. The van der Waals surface area contributed by atoms with Gasteiger partial charge in [-0.15, -0.1) is 0 Å². The summed E-state index contributed by atoms with van der Waals surface area (Å²) in [5, 5.41) is 6.87. The molecule has 0 aliphatic heterocycles. The number of hydrogen-bond acceptors (Lipinski definition) is 6. The van der Waals surface area contributed by atoms with E-state index in [0.29, 0.717) is 0 Å². The van der Waals surface area contributed by atoms with E-state index < -0.39 is 37.5 Å². The van der Waals surface area contributed by atoms with Crippen LogP contribution in [0.25, 0.3) is 0 Å². The molecule has 0 saturated carbocycles. The van der Waals surface area contributed by atoms with Crippen molar-refractivity contribution in [3.05, 3.63) is 0 Å². The predicted molar refractivity (Wildman–Crippen MR) is 41.6 cm³/mol. The van der Waals surface area contributed by atoms with E-state index in [9.17, 15) is 16.8 Å². The monoisotopic (exact) mass is 238 g/mol. The van der Waals surface area contributed by atoms with Crippen LogP contribution in [-0.4, -0.2) is 40.2 Å². The molecule has 0 atom stereocenters. The Balaban J connectivity index is 4.26. The average molecular weight is 239 g/mol. The van der Waals surface area contributed by atoms with Crippen molar-refractivity contribution < 1.29 is 26.1 Å². The lowest BCUT2D eigenvalue weighted by atomic mass is 10.8. The molecule has 1 N–H and O–H groups in total. The number of aliphatic hydroxyl groups excluding tert-OH is 1. The Bertz CT molecular complexity index is 315. The number of hydrogen-bond donors (Lipinski definition) is 1. The van der Waals surface area contributed by atoms with Gasteiger partial charge < -0.3 is 5.11 Å². The second kappa shape index (κ2) is 4.38. The third-order valence-corrected chi connectivity index (χ3v) is 4.25. The number of rotatable bonds is 5. The lowest BCUT2D eigenvalue weighted by Gasteiger charge is -2.00. The van der Waals surface area contributed by atoms with E-state index in [4.69, 9.17) is 5.11 Å². The summed E-state index contributed by atoms with van der Waals surface area (Å²) in [5.74, 6) is 0. The summed E-state index contributed by atoms with van der Waals surface area (Å²) in [6.07, 6.45) is 0. The van der Waals surface area contributed by atoms with E-state index in [1.807, 2.05) is 0 Å². The third kappa shape index (κ3) is 6.80. The highest BCUT2D eigenvalue weighted by molar-refractivity contribution is 8.20. The van der Waals surface area contributed by atoms with E-state index in [2.05, 4.69) is 14.9 Å². The fraction of sp³-hybridized carbons (Fsp3) is 1.00. The zero-order valence-corrected chi connectivity index (χ0v) is 8.19. The zero-order chi connectivity index (χ0) is 9.83. The van der Waals surface area contributed by atoms with Crippen molar-refractivity contribution in [1.29, 1.82) is 0 Å². The molecule has 6 nitrogen and oxygen atoms in total. The van der Waals surface area contributed by atoms with Crippen molar-refractivity contribution in [3.63, 3.8) is 0 Å². The van der Waals surface area contributed by atoms with Crippen molar-refractivity contribution >= 4 is 29.9 Å². The molecule has 0 aromatic rings. The molecule has 0 heterocycles. The van der Waals surface area contributed by atoms with E-state index in [-0.39, 0.29) is 0 Å². The van der Waals surface area contributed by atoms with E-state index in [1.54, 1.807) is 0 Å². The van der Waals surface area contributed by atoms with Gasteiger partial charge in [0.2, 0.25) is 9.05 Å². The molecule has 0 unspecified atom stereocenters. The Morgan fingerprint density at radius 1 is 1.25 bits per heavy atom. The summed E-state index contributed by atoms with van der Waals surface area (Å²) < 4.78 is 45.7. The molecule has 0 amide bonds. The van der Waals surface area contributed by atoms with Gasteiger partial charge in [0.05, 0.1) is 13.2 Å². The van der Waals surface area contributed by atoms with Gasteiger partial charge in [-0.25, -0.2) is 8.42 Å². The van der Waals surface area contributed by atoms with Gasteiger partial charge in [0.25, 0.3) is 10.1 Å². The summed E-state index contributed by atoms with van der Waals surface area (Å²) in [7, 11) is -3.67. The highest BCUT2D eigenvalue weighted by Crippen LogP contribution is 2.03. The molecule has 0 aromatic heterocycles. The van der Waals surface area contributed by atoms with Gasteiger partial charge in [-0.2, -0.15) is 8.42 Å². The molecular weight excluding hydrogens is 232 g/mol. The van der Waals surface area contributed by atoms with Crippen LogP contribution >= 0.6 is 10.7 Å². The molecule has 12 heavy (non-hydrogen) atoms. The Morgan fingerprint density at radius 2 is 1.75 bits per heavy atom. The van der Waals surface area contributed by atoms with Crippen molar-refractivity contribution in [1.82, 2.24) is 0 Å². The van der Waals surface area contributed by atoms with Crippen LogP contribution in [0.4, 0.5) is 0 Å². The maximum absolute atomic E-state index is 10.6. The Morgan fingerprint density at radius 3 is 2.08 bits per heavy atom. The van der Waals surface area contributed by atoms with Crippen LogP contribution in [0.1, 0.15) is 0 Å². The Kier molecular flexibility index (Phi) is 4.42. The van der Waals surface area contributed by atoms with Gasteiger partial charge in [-0.05, 0) is 0 Å². The normalized spacial score (nSPS) is 13.2. The molecule has 0 aromatic carbocycles. The van der Waals surface area contributed by atoms with Crippen molar-refractivity contribution in [2.24, 2.45) is 0 Å². The SMILES string of the molecule is O=S(=O)(Cl)CS(=O)(=O)OCCO. The summed E-state index contributed by atoms with van der Waals surface area (Å²) in [6, 6.07) is 0. The van der Waals surface area contributed by atoms with Crippen LogP contribution in [0.15, 0.2) is 0 Å². The molecule has 74 valence electrons. The molecule has 0 spiro atoms. The molecule has 0 radical (unpaired) electrons. The first-order valence-corrected chi connectivity index (χ1v) is 6.73. The maximum Gasteiger partial charge on any atom is 0.283 e. The van der Waals surface area contributed by atoms with Crippen molar-refractivity contribution in [2.75, 3.05) is 18.3 Å². The summed E-state index contributed by atoms with van der Waals surface area (Å²) in [5.41, 5.74) is 0. The summed E-state index contributed by atoms with van der Waals surface area (Å²) in [6.45, 7) is -0.990. The summed E-state index contributed by atoms with van der Waals surface area (Å²) in [4.78, 5) is 0. The van der Waals surface area contributed by atoms with E-state index >= 15 is 0 Å². The lowest BCUT2D eigenvalue weighted by Crippen LogP contribution is -2.16. The van der Waals surface area contributed by atoms with Crippen LogP contribution in [0.5, 0.6) is 0 Å². The van der Waals surface area contributed by atoms with E-state index in [1.165, 1.54) is 0 Å². The summed E-state index contributed by atoms with van der Waals surface area (Å²) >= 11 is 0. The van der Waals surface area contributed by atoms with Gasteiger partial charge >= 0.3 is 0 Å². The first-order valence-electron chi connectivity index (χ1n) is 2.67. The van der Waals surface area contributed by atoms with E-state index in [0.717, 1.165) is 0 Å². The van der Waals surface area contributed by atoms with Crippen LogP contribution in [0.2, 0.25) is 0 Å². The fourth-order valence-corrected chi connectivity index (χ4v) is 3.33. The van der Waals surface area contributed by atoms with Gasteiger partial charge in [0.1, 0.15) is 0 Å². The Labute approximate surface area is 74.6 Å². The van der Waals surface area contributed by atoms with Gasteiger partial charge in [-0.3, -0.25) is 4.18 Å². The largest absolute Gasteiger partial charge is 0.394 e. The highest BCUT2D eigenvalue weighted by Gasteiger charge is 2.20. The second-order valence-corrected chi connectivity index (χ2v) is 6.54. The smallest absolute Gasteiger partial charge is 0.283 e. The molecule has 0 aliphatic rings. The molecule has 0 fully saturated rings. The van der Waals surface area contributed by atoms with Crippen LogP contribution in [0, 0.1) is 0 Å².